The van der Waals surface area contributed by atoms with Crippen LogP contribution in [0, 0.1) is 0 Å². The summed E-state index contributed by atoms with van der Waals surface area (Å²) < 4.78 is 6.69. The summed E-state index contributed by atoms with van der Waals surface area (Å²) in [5.74, 6) is -0.407. The molecular weight excluding hydrogens is 304 g/mol. The van der Waals surface area contributed by atoms with E-state index in [0.29, 0.717) is 11.3 Å². The number of imidazole rings is 1. The van der Waals surface area contributed by atoms with Crippen molar-refractivity contribution in [3.63, 3.8) is 0 Å². The number of esters is 1. The Morgan fingerprint density at radius 3 is 2.88 bits per heavy atom. The monoisotopic (exact) mass is 322 g/mol. The Morgan fingerprint density at radius 2 is 2.17 bits per heavy atom. The number of nitrogens with two attached hydrogens (primary N) is 1. The van der Waals surface area contributed by atoms with E-state index in [4.69, 9.17) is 10.5 Å². The third-order valence-corrected chi connectivity index (χ3v) is 3.60. The minimum absolute atomic E-state index is 0.407. The fourth-order valence-electron chi connectivity index (χ4n) is 2.42. The molecule has 0 spiro atoms. The molecule has 0 saturated heterocycles. The van der Waals surface area contributed by atoms with E-state index in [-0.39, 0.29) is 0 Å². The van der Waals surface area contributed by atoms with Crippen molar-refractivity contribution in [1.29, 1.82) is 0 Å². The van der Waals surface area contributed by atoms with Crippen molar-refractivity contribution in [2.24, 2.45) is 0 Å². The molecule has 3 rings (SSSR count). The van der Waals surface area contributed by atoms with Crippen LogP contribution in [0.5, 0.6) is 0 Å². The number of nitrogens with zero attached hydrogens (tertiary/aromatic N) is 2. The van der Waals surface area contributed by atoms with Crippen LogP contribution in [0.3, 0.4) is 0 Å². The number of benzene rings is 2. The molecule has 0 aliphatic carbocycles. The van der Waals surface area contributed by atoms with Crippen LogP contribution in [-0.2, 0) is 11.3 Å². The van der Waals surface area contributed by atoms with E-state index in [0.717, 1.165) is 23.5 Å². The summed E-state index contributed by atoms with van der Waals surface area (Å²) >= 11 is 0. The highest BCUT2D eigenvalue weighted by Crippen LogP contribution is 2.25. The van der Waals surface area contributed by atoms with Crippen LogP contribution in [0.25, 0.3) is 0 Å². The van der Waals surface area contributed by atoms with Crippen molar-refractivity contribution in [2.75, 3.05) is 18.2 Å². The van der Waals surface area contributed by atoms with Gasteiger partial charge in [0.05, 0.1) is 30.4 Å². The summed E-state index contributed by atoms with van der Waals surface area (Å²) in [6.07, 6.45) is 5.46. The van der Waals surface area contributed by atoms with Crippen LogP contribution in [0.2, 0.25) is 0 Å². The Labute approximate surface area is 139 Å². The van der Waals surface area contributed by atoms with Gasteiger partial charge in [-0.05, 0) is 35.9 Å². The van der Waals surface area contributed by atoms with Gasteiger partial charge >= 0.3 is 5.97 Å². The van der Waals surface area contributed by atoms with Crippen LogP contribution in [0.1, 0.15) is 15.9 Å². The van der Waals surface area contributed by atoms with Gasteiger partial charge in [-0.1, -0.05) is 12.1 Å². The van der Waals surface area contributed by atoms with Gasteiger partial charge in [-0.3, -0.25) is 0 Å². The van der Waals surface area contributed by atoms with E-state index in [1.165, 1.54) is 7.11 Å². The van der Waals surface area contributed by atoms with Crippen LogP contribution in [-0.4, -0.2) is 22.6 Å². The van der Waals surface area contributed by atoms with E-state index < -0.39 is 5.97 Å². The first-order chi connectivity index (χ1) is 11.7. The number of carbonyl (C=O) groups is 1. The van der Waals surface area contributed by atoms with Gasteiger partial charge in [-0.15, -0.1) is 0 Å². The number of aromatic nitrogens is 2. The highest BCUT2D eigenvalue weighted by Gasteiger charge is 2.08. The molecule has 0 unspecified atom stereocenters. The van der Waals surface area contributed by atoms with Crippen LogP contribution < -0.4 is 11.1 Å². The summed E-state index contributed by atoms with van der Waals surface area (Å²) in [6, 6.07) is 13.1. The molecule has 0 radical (unpaired) electrons. The number of rotatable bonds is 5. The molecule has 24 heavy (non-hydrogen) atoms. The average Bonchev–Trinajstić information content (AvgIpc) is 3.09. The van der Waals surface area contributed by atoms with Gasteiger partial charge in [-0.2, -0.15) is 0 Å². The molecule has 0 fully saturated rings. The summed E-state index contributed by atoms with van der Waals surface area (Å²) in [5, 5.41) is 3.27. The standard InChI is InChI=1S/C18H18N4O2/c1-24-18(23)14-5-6-17(16(19)10-14)21-15-4-2-3-13(9-15)11-22-8-7-20-12-22/h2-10,12,21H,11,19H2,1H3. The molecule has 0 aliphatic heterocycles. The van der Waals surface area contributed by atoms with E-state index >= 15 is 0 Å². The number of anilines is 3. The summed E-state index contributed by atoms with van der Waals surface area (Å²) in [5.41, 5.74) is 9.74. The fourth-order valence-corrected chi connectivity index (χ4v) is 2.42. The van der Waals surface area contributed by atoms with Crippen molar-refractivity contribution in [3.8, 4) is 0 Å². The van der Waals surface area contributed by atoms with Crippen LogP contribution >= 0.6 is 0 Å². The number of carbonyl (C=O) groups excluding carboxylic acids is 1. The first kappa shape index (κ1) is 15.6. The molecule has 1 heterocycles. The summed E-state index contributed by atoms with van der Waals surface area (Å²) in [6.45, 7) is 0.742. The molecular formula is C18H18N4O2. The number of hydrogen-bond acceptors (Lipinski definition) is 5. The van der Waals surface area contributed by atoms with E-state index in [1.807, 2.05) is 29.0 Å². The van der Waals surface area contributed by atoms with Crippen molar-refractivity contribution >= 4 is 23.0 Å². The highest BCUT2D eigenvalue weighted by molar-refractivity contribution is 5.92. The molecule has 0 aliphatic rings. The lowest BCUT2D eigenvalue weighted by molar-refractivity contribution is 0.0601. The van der Waals surface area contributed by atoms with Crippen molar-refractivity contribution < 1.29 is 9.53 Å². The van der Waals surface area contributed by atoms with Crippen molar-refractivity contribution in [3.05, 3.63) is 72.3 Å². The molecule has 0 atom stereocenters. The summed E-state index contributed by atoms with van der Waals surface area (Å²) in [4.78, 5) is 15.6. The van der Waals surface area contributed by atoms with Gasteiger partial charge in [0.2, 0.25) is 0 Å². The highest BCUT2D eigenvalue weighted by atomic mass is 16.5. The van der Waals surface area contributed by atoms with Gasteiger partial charge in [0, 0.05) is 24.6 Å². The predicted molar refractivity (Wildman–Crippen MR) is 93.2 cm³/mol. The lowest BCUT2D eigenvalue weighted by atomic mass is 10.1. The third-order valence-electron chi connectivity index (χ3n) is 3.60. The third kappa shape index (κ3) is 3.55. The van der Waals surface area contributed by atoms with Crippen molar-refractivity contribution in [2.45, 2.75) is 6.54 Å². The molecule has 0 amide bonds. The largest absolute Gasteiger partial charge is 0.465 e. The second kappa shape index (κ2) is 6.87. The second-order valence-corrected chi connectivity index (χ2v) is 5.35. The van der Waals surface area contributed by atoms with E-state index in [9.17, 15) is 4.79 Å². The Morgan fingerprint density at radius 1 is 1.29 bits per heavy atom. The molecule has 3 N–H and O–H groups in total. The first-order valence-corrected chi connectivity index (χ1v) is 7.45. The Balaban J connectivity index is 1.77. The fraction of sp³-hybridized carbons (Fsp3) is 0.111. The number of nitrogen functional groups attached to an aromatic ring is 1. The lowest BCUT2D eigenvalue weighted by Gasteiger charge is -2.12. The minimum Gasteiger partial charge on any atom is -0.465 e. The number of hydrogen-bond donors (Lipinski definition) is 2. The minimum atomic E-state index is -0.407. The number of ether oxygens (including phenoxy) is 1. The maximum Gasteiger partial charge on any atom is 0.337 e. The average molecular weight is 322 g/mol. The van der Waals surface area contributed by atoms with E-state index in [2.05, 4.69) is 16.4 Å². The second-order valence-electron chi connectivity index (χ2n) is 5.35. The lowest BCUT2D eigenvalue weighted by Crippen LogP contribution is -2.04. The topological polar surface area (TPSA) is 82.2 Å². The van der Waals surface area contributed by atoms with Crippen LogP contribution in [0.15, 0.2) is 61.2 Å². The van der Waals surface area contributed by atoms with Gasteiger partial charge < -0.3 is 20.4 Å². The quantitative estimate of drug-likeness (QED) is 0.557. The Hall–Kier alpha value is -3.28. The molecule has 6 heteroatoms. The van der Waals surface area contributed by atoms with Crippen LogP contribution in [0.4, 0.5) is 17.1 Å². The van der Waals surface area contributed by atoms with Crippen molar-refractivity contribution in [1.82, 2.24) is 9.55 Å². The molecule has 0 bridgehead atoms. The molecule has 2 aromatic carbocycles. The number of methoxy groups -OCH3 is 1. The zero-order valence-electron chi connectivity index (χ0n) is 13.3. The first-order valence-electron chi connectivity index (χ1n) is 7.45. The Kier molecular flexibility index (Phi) is 4.47. The molecule has 122 valence electrons. The summed E-state index contributed by atoms with van der Waals surface area (Å²) in [7, 11) is 1.34. The molecule has 3 aromatic rings. The smallest absolute Gasteiger partial charge is 0.337 e. The normalized spacial score (nSPS) is 10.4. The van der Waals surface area contributed by atoms with Gasteiger partial charge in [0.1, 0.15) is 0 Å². The zero-order chi connectivity index (χ0) is 16.9. The Bertz CT molecular complexity index is 844. The van der Waals surface area contributed by atoms with E-state index in [1.54, 1.807) is 30.7 Å². The molecule has 6 nitrogen and oxygen atoms in total. The molecule has 1 aromatic heterocycles. The number of nitrogens with one attached hydrogen (secondary N) is 1. The zero-order valence-corrected chi connectivity index (χ0v) is 13.3. The molecule has 0 saturated carbocycles. The van der Waals surface area contributed by atoms with Gasteiger partial charge in [0.25, 0.3) is 0 Å². The van der Waals surface area contributed by atoms with Gasteiger partial charge in [-0.25, -0.2) is 9.78 Å². The maximum atomic E-state index is 11.5. The SMILES string of the molecule is COC(=O)c1ccc(Nc2cccc(Cn3ccnc3)c2)c(N)c1. The predicted octanol–water partition coefficient (Wildman–Crippen LogP) is 3.04. The maximum absolute atomic E-state index is 11.5. The van der Waals surface area contributed by atoms with Gasteiger partial charge in [0.15, 0.2) is 0 Å².